The van der Waals surface area contributed by atoms with Crippen LogP contribution < -0.4 is 9.04 Å². The molecule has 4 nitrogen and oxygen atoms in total. The summed E-state index contributed by atoms with van der Waals surface area (Å²) in [4.78, 5) is 0.106. The molecule has 0 amide bonds. The van der Waals surface area contributed by atoms with Gasteiger partial charge in [0.25, 0.3) is 10.0 Å². The van der Waals surface area contributed by atoms with Crippen molar-refractivity contribution in [2.24, 2.45) is 0 Å². The largest absolute Gasteiger partial charge is 0.495 e. The van der Waals surface area contributed by atoms with Crippen LogP contribution in [0, 0.1) is 0 Å². The number of ether oxygens (including phenoxy) is 1. The van der Waals surface area contributed by atoms with Crippen LogP contribution in [0.15, 0.2) is 53.4 Å². The van der Waals surface area contributed by atoms with Crippen LogP contribution in [0.5, 0.6) is 5.75 Å². The molecule has 2 aromatic rings. The van der Waals surface area contributed by atoms with E-state index in [1.807, 2.05) is 6.07 Å². The summed E-state index contributed by atoms with van der Waals surface area (Å²) in [7, 11) is -0.765. The molecule has 0 aliphatic carbocycles. The van der Waals surface area contributed by atoms with Crippen molar-refractivity contribution in [1.29, 1.82) is 0 Å². The molecule has 112 valence electrons. The van der Waals surface area contributed by atoms with Crippen LogP contribution in [0.1, 0.15) is 5.56 Å². The molecule has 0 aliphatic heterocycles. The highest BCUT2D eigenvalue weighted by atomic mass is 35.5. The van der Waals surface area contributed by atoms with Crippen LogP contribution in [-0.4, -0.2) is 22.6 Å². The van der Waals surface area contributed by atoms with Crippen LogP contribution in [0.3, 0.4) is 0 Å². The van der Waals surface area contributed by atoms with Crippen molar-refractivity contribution < 1.29 is 13.2 Å². The quantitative estimate of drug-likeness (QED) is 0.793. The molecular formula is C15H16ClNO3S. The highest BCUT2D eigenvalue weighted by molar-refractivity contribution is 7.92. The molecule has 0 radical (unpaired) electrons. The van der Waals surface area contributed by atoms with Crippen molar-refractivity contribution in [2.45, 2.75) is 10.8 Å². The molecule has 0 unspecified atom stereocenters. The standard InChI is InChI=1S/C15H16ClNO3S/c1-17(13-6-4-3-5-7-13)21(18,19)15-10-12(11-16)8-9-14(15)20-2/h3-10H,11H2,1-2H3. The average molecular weight is 326 g/mol. The Bertz CT molecular complexity index is 717. The van der Waals surface area contributed by atoms with Crippen molar-refractivity contribution in [3.8, 4) is 5.75 Å². The molecule has 0 spiro atoms. The van der Waals surface area contributed by atoms with Gasteiger partial charge < -0.3 is 4.74 Å². The van der Waals surface area contributed by atoms with Gasteiger partial charge in [-0.1, -0.05) is 24.3 Å². The number of rotatable bonds is 5. The van der Waals surface area contributed by atoms with Crippen LogP contribution in [0.25, 0.3) is 0 Å². The van der Waals surface area contributed by atoms with Gasteiger partial charge in [-0.3, -0.25) is 4.31 Å². The van der Waals surface area contributed by atoms with E-state index in [0.29, 0.717) is 11.4 Å². The molecule has 0 atom stereocenters. The summed E-state index contributed by atoms with van der Waals surface area (Å²) in [6.45, 7) is 0. The Kier molecular flexibility index (Phi) is 4.75. The summed E-state index contributed by atoms with van der Waals surface area (Å²) in [6.07, 6.45) is 0. The number of hydrogen-bond acceptors (Lipinski definition) is 3. The first-order valence-corrected chi connectivity index (χ1v) is 8.25. The molecule has 0 bridgehead atoms. The molecule has 6 heteroatoms. The molecule has 0 saturated heterocycles. The molecule has 21 heavy (non-hydrogen) atoms. The zero-order chi connectivity index (χ0) is 15.5. The highest BCUT2D eigenvalue weighted by Crippen LogP contribution is 2.30. The predicted molar refractivity (Wildman–Crippen MR) is 84.6 cm³/mol. The number of benzene rings is 2. The average Bonchev–Trinajstić information content (AvgIpc) is 2.54. The van der Waals surface area contributed by atoms with E-state index in [9.17, 15) is 8.42 Å². The molecule has 0 aliphatic rings. The van der Waals surface area contributed by atoms with Crippen molar-refractivity contribution in [1.82, 2.24) is 0 Å². The fourth-order valence-corrected chi connectivity index (χ4v) is 3.50. The van der Waals surface area contributed by atoms with E-state index in [0.717, 1.165) is 5.56 Å². The van der Waals surface area contributed by atoms with Gasteiger partial charge in [0.1, 0.15) is 10.6 Å². The van der Waals surface area contributed by atoms with Gasteiger partial charge in [0.2, 0.25) is 0 Å². The van der Waals surface area contributed by atoms with Crippen molar-refractivity contribution in [2.75, 3.05) is 18.5 Å². The zero-order valence-electron chi connectivity index (χ0n) is 11.8. The summed E-state index contributed by atoms with van der Waals surface area (Å²) >= 11 is 5.79. The summed E-state index contributed by atoms with van der Waals surface area (Å²) in [5.41, 5.74) is 1.30. The fourth-order valence-electron chi connectivity index (χ4n) is 1.93. The van der Waals surface area contributed by atoms with E-state index in [1.165, 1.54) is 18.5 Å². The Balaban J connectivity index is 2.53. The van der Waals surface area contributed by atoms with Crippen molar-refractivity contribution >= 4 is 27.3 Å². The topological polar surface area (TPSA) is 46.6 Å². The highest BCUT2D eigenvalue weighted by Gasteiger charge is 2.25. The van der Waals surface area contributed by atoms with Crippen molar-refractivity contribution in [3.05, 3.63) is 54.1 Å². The SMILES string of the molecule is COc1ccc(CCl)cc1S(=O)(=O)N(C)c1ccccc1. The second-order valence-corrected chi connectivity index (χ2v) is 6.63. The summed E-state index contributed by atoms with van der Waals surface area (Å²) in [5, 5.41) is 0. The van der Waals surface area contributed by atoms with E-state index in [2.05, 4.69) is 0 Å². The fraction of sp³-hybridized carbons (Fsp3) is 0.200. The molecule has 0 aromatic heterocycles. The second-order valence-electron chi connectivity index (χ2n) is 4.43. The minimum atomic E-state index is -3.72. The van der Waals surface area contributed by atoms with Gasteiger partial charge in [-0.15, -0.1) is 11.6 Å². The van der Waals surface area contributed by atoms with Crippen molar-refractivity contribution in [3.63, 3.8) is 0 Å². The number of para-hydroxylation sites is 1. The number of anilines is 1. The minimum Gasteiger partial charge on any atom is -0.495 e. The molecular weight excluding hydrogens is 310 g/mol. The third-order valence-corrected chi connectivity index (χ3v) is 5.26. The predicted octanol–water partition coefficient (Wildman–Crippen LogP) is 3.26. The van der Waals surface area contributed by atoms with Gasteiger partial charge in [0.05, 0.1) is 12.8 Å². The second kappa shape index (κ2) is 6.37. The van der Waals surface area contributed by atoms with Crippen LogP contribution in [0.4, 0.5) is 5.69 Å². The summed E-state index contributed by atoms with van der Waals surface area (Å²) in [5.74, 6) is 0.535. The van der Waals surface area contributed by atoms with Crippen LogP contribution in [0.2, 0.25) is 0 Å². The maximum absolute atomic E-state index is 12.8. The smallest absolute Gasteiger partial charge is 0.267 e. The minimum absolute atomic E-state index is 0.106. The number of nitrogens with zero attached hydrogens (tertiary/aromatic N) is 1. The number of methoxy groups -OCH3 is 1. The van der Waals surface area contributed by atoms with Gasteiger partial charge in [0.15, 0.2) is 0 Å². The molecule has 2 aromatic carbocycles. The van der Waals surface area contributed by atoms with E-state index in [1.54, 1.807) is 42.5 Å². The number of hydrogen-bond donors (Lipinski definition) is 0. The third kappa shape index (κ3) is 3.14. The molecule has 0 saturated carbocycles. The molecule has 2 rings (SSSR count). The number of halogens is 1. The lowest BCUT2D eigenvalue weighted by atomic mass is 10.2. The third-order valence-electron chi connectivity index (χ3n) is 3.14. The van der Waals surface area contributed by atoms with Crippen LogP contribution >= 0.6 is 11.6 Å². The zero-order valence-corrected chi connectivity index (χ0v) is 13.4. The first-order chi connectivity index (χ1) is 10.0. The van der Waals surface area contributed by atoms with Gasteiger partial charge in [-0.05, 0) is 29.8 Å². The van der Waals surface area contributed by atoms with Gasteiger partial charge in [-0.25, -0.2) is 8.42 Å². The number of sulfonamides is 1. The lowest BCUT2D eigenvalue weighted by molar-refractivity contribution is 0.402. The summed E-state index contributed by atoms with van der Waals surface area (Å²) in [6, 6.07) is 13.8. The lowest BCUT2D eigenvalue weighted by Crippen LogP contribution is -2.27. The summed E-state index contributed by atoms with van der Waals surface area (Å²) < 4.78 is 32.0. The number of alkyl halides is 1. The molecule has 0 heterocycles. The van der Waals surface area contributed by atoms with Crippen LogP contribution in [-0.2, 0) is 15.9 Å². The first-order valence-electron chi connectivity index (χ1n) is 6.27. The normalized spacial score (nSPS) is 11.2. The Labute approximate surface area is 130 Å². The van der Waals surface area contributed by atoms with E-state index < -0.39 is 10.0 Å². The van der Waals surface area contributed by atoms with Gasteiger partial charge in [0, 0.05) is 12.9 Å². The molecule has 0 N–H and O–H groups in total. The Morgan fingerprint density at radius 1 is 1.14 bits per heavy atom. The maximum atomic E-state index is 12.8. The monoisotopic (exact) mass is 325 g/mol. The van der Waals surface area contributed by atoms with Gasteiger partial charge in [-0.2, -0.15) is 0 Å². The van der Waals surface area contributed by atoms with E-state index >= 15 is 0 Å². The molecule has 0 fully saturated rings. The van der Waals surface area contributed by atoms with Gasteiger partial charge >= 0.3 is 0 Å². The Morgan fingerprint density at radius 3 is 2.38 bits per heavy atom. The van der Waals surface area contributed by atoms with E-state index in [4.69, 9.17) is 16.3 Å². The maximum Gasteiger partial charge on any atom is 0.267 e. The lowest BCUT2D eigenvalue weighted by Gasteiger charge is -2.21. The Morgan fingerprint density at radius 2 is 1.81 bits per heavy atom. The van der Waals surface area contributed by atoms with E-state index in [-0.39, 0.29) is 10.8 Å². The Hall–Kier alpha value is -1.72. The first kappa shape index (κ1) is 15.7.